The Morgan fingerprint density at radius 3 is 2.22 bits per heavy atom. The normalized spacial score (nSPS) is 12.9. The number of hydrogen-bond donors (Lipinski definition) is 0. The van der Waals surface area contributed by atoms with Gasteiger partial charge in [0.1, 0.15) is 0 Å². The zero-order chi connectivity index (χ0) is 26.8. The molecule has 4 aromatic rings. The van der Waals surface area contributed by atoms with Gasteiger partial charge in [0, 0.05) is 32.0 Å². The van der Waals surface area contributed by atoms with E-state index in [4.69, 9.17) is 0 Å². The van der Waals surface area contributed by atoms with Crippen LogP contribution in [0.15, 0.2) is 87.6 Å². The van der Waals surface area contributed by atoms with Crippen LogP contribution in [0.3, 0.4) is 0 Å². The highest BCUT2D eigenvalue weighted by Crippen LogP contribution is 2.23. The largest absolute Gasteiger partial charge is 0.316 e. The molecule has 0 spiro atoms. The average Bonchev–Trinajstić information content (AvgIpc) is 3.20. The van der Waals surface area contributed by atoms with Gasteiger partial charge in [-0.15, -0.1) is 0 Å². The molecule has 0 N–H and O–H groups in total. The lowest BCUT2D eigenvalue weighted by Crippen LogP contribution is -2.26. The predicted octanol–water partition coefficient (Wildman–Crippen LogP) is 4.08. The molecule has 0 bridgehead atoms. The Labute approximate surface area is 220 Å². The van der Waals surface area contributed by atoms with E-state index in [-0.39, 0.29) is 21.9 Å². The number of benzene rings is 3. The van der Waals surface area contributed by atoms with Crippen molar-refractivity contribution in [1.82, 2.24) is 8.87 Å². The molecule has 1 aromatic heterocycles. The first-order valence-electron chi connectivity index (χ1n) is 11.5. The summed E-state index contributed by atoms with van der Waals surface area (Å²) in [5.41, 5.74) is 1.92. The number of aryl methyl sites for hydroxylation is 1. The van der Waals surface area contributed by atoms with Crippen molar-refractivity contribution < 1.29 is 21.6 Å². The minimum Gasteiger partial charge on any atom is -0.316 e. The number of hydrogen-bond acceptors (Lipinski definition) is 6. The third-order valence-corrected chi connectivity index (χ3v) is 9.75. The molecule has 0 aliphatic heterocycles. The minimum absolute atomic E-state index is 0.0821. The maximum Gasteiger partial charge on any atom is 0.279 e. The second kappa shape index (κ2) is 10.7. The van der Waals surface area contributed by atoms with Gasteiger partial charge in [0.25, 0.3) is 5.91 Å². The van der Waals surface area contributed by atoms with E-state index in [2.05, 4.69) is 4.99 Å². The van der Waals surface area contributed by atoms with Gasteiger partial charge >= 0.3 is 0 Å². The number of thiazole rings is 1. The monoisotopic (exact) mass is 557 g/mol. The van der Waals surface area contributed by atoms with Gasteiger partial charge in [0.2, 0.25) is 10.0 Å². The van der Waals surface area contributed by atoms with Crippen LogP contribution in [0.5, 0.6) is 0 Å². The second-order valence-corrected chi connectivity index (χ2v) is 13.7. The van der Waals surface area contributed by atoms with Crippen molar-refractivity contribution in [2.45, 2.75) is 36.2 Å². The molecule has 3 aromatic carbocycles. The van der Waals surface area contributed by atoms with Gasteiger partial charge in [-0.05, 0) is 54.4 Å². The molecular formula is C26H27N3O5S3. The van der Waals surface area contributed by atoms with E-state index in [1.165, 1.54) is 47.0 Å². The molecule has 0 saturated heterocycles. The lowest BCUT2D eigenvalue weighted by Gasteiger charge is -2.17. The van der Waals surface area contributed by atoms with Crippen molar-refractivity contribution in [3.05, 3.63) is 88.7 Å². The molecule has 8 nitrogen and oxygen atoms in total. The highest BCUT2D eigenvalue weighted by atomic mass is 32.2. The Bertz CT molecular complexity index is 1720. The molecule has 0 aliphatic carbocycles. The molecule has 194 valence electrons. The molecule has 11 heteroatoms. The van der Waals surface area contributed by atoms with Crippen LogP contribution in [0.4, 0.5) is 0 Å². The predicted molar refractivity (Wildman–Crippen MR) is 145 cm³/mol. The van der Waals surface area contributed by atoms with Crippen molar-refractivity contribution in [2.75, 3.05) is 13.3 Å². The zero-order valence-corrected chi connectivity index (χ0v) is 23.1. The molecule has 37 heavy (non-hydrogen) atoms. The van der Waals surface area contributed by atoms with E-state index in [9.17, 15) is 21.6 Å². The molecule has 0 unspecified atom stereocenters. The maximum absolute atomic E-state index is 13.0. The highest BCUT2D eigenvalue weighted by molar-refractivity contribution is 7.90. The molecule has 0 atom stereocenters. The van der Waals surface area contributed by atoms with E-state index in [0.717, 1.165) is 23.8 Å². The molecule has 0 aliphatic rings. The van der Waals surface area contributed by atoms with Gasteiger partial charge in [0.05, 0.1) is 20.0 Å². The van der Waals surface area contributed by atoms with Crippen LogP contribution >= 0.6 is 11.3 Å². The quantitative estimate of drug-likeness (QED) is 0.325. The third-order valence-electron chi connectivity index (χ3n) is 5.78. The summed E-state index contributed by atoms with van der Waals surface area (Å²) in [5, 5.41) is 0. The van der Waals surface area contributed by atoms with Crippen molar-refractivity contribution in [3.63, 3.8) is 0 Å². The molecule has 1 heterocycles. The van der Waals surface area contributed by atoms with E-state index < -0.39 is 25.8 Å². The summed E-state index contributed by atoms with van der Waals surface area (Å²) in [6, 6.07) is 19.9. The van der Waals surface area contributed by atoms with Crippen LogP contribution in [0.1, 0.15) is 29.3 Å². The summed E-state index contributed by atoms with van der Waals surface area (Å²) in [6.07, 6.45) is 1.95. The molecule has 1 amide bonds. The summed E-state index contributed by atoms with van der Waals surface area (Å²) in [4.78, 5) is 18.0. The minimum atomic E-state index is -3.75. The van der Waals surface area contributed by atoms with Gasteiger partial charge < -0.3 is 4.57 Å². The molecule has 0 fully saturated rings. The zero-order valence-electron chi connectivity index (χ0n) is 20.7. The van der Waals surface area contributed by atoms with E-state index in [1.807, 2.05) is 41.8 Å². The van der Waals surface area contributed by atoms with Crippen LogP contribution < -0.4 is 4.80 Å². The van der Waals surface area contributed by atoms with Crippen LogP contribution in [0, 0.1) is 0 Å². The van der Waals surface area contributed by atoms with Crippen molar-refractivity contribution in [1.29, 1.82) is 0 Å². The standard InChI is InChI=1S/C26H27N3O5S3/c1-4-16-29-23-15-14-22(36(3,31)32)17-24(23)35-26(29)27-25(30)20-10-12-21(13-11-20)37(33,34)28(2)18-19-8-6-5-7-9-19/h5-15,17H,4,16,18H2,1-3H3. The first-order valence-corrected chi connectivity index (χ1v) is 15.7. The van der Waals surface area contributed by atoms with Crippen molar-refractivity contribution in [3.8, 4) is 0 Å². The summed E-state index contributed by atoms with van der Waals surface area (Å²) in [7, 11) is -5.60. The van der Waals surface area contributed by atoms with Gasteiger partial charge in [-0.3, -0.25) is 4.79 Å². The van der Waals surface area contributed by atoms with Gasteiger partial charge in [0.15, 0.2) is 14.6 Å². The molecule has 4 rings (SSSR count). The number of amides is 1. The molecule has 0 saturated carbocycles. The number of fused-ring (bicyclic) bond motifs is 1. The van der Waals surface area contributed by atoms with Crippen LogP contribution in [-0.4, -0.2) is 44.9 Å². The fraction of sp³-hybridized carbons (Fsp3) is 0.231. The number of aromatic nitrogens is 1. The fourth-order valence-corrected chi connectivity index (χ4v) is 6.81. The Hall–Kier alpha value is -3.12. The summed E-state index contributed by atoms with van der Waals surface area (Å²) in [5.74, 6) is -0.513. The maximum atomic E-state index is 13.0. The van der Waals surface area contributed by atoms with Gasteiger partial charge in [-0.25, -0.2) is 16.8 Å². The lowest BCUT2D eigenvalue weighted by molar-refractivity contribution is 0.0997. The van der Waals surface area contributed by atoms with Crippen LogP contribution in [0.25, 0.3) is 10.2 Å². The fourth-order valence-electron chi connectivity index (χ4n) is 3.84. The number of sulfonamides is 1. The van der Waals surface area contributed by atoms with Crippen LogP contribution in [0.2, 0.25) is 0 Å². The summed E-state index contributed by atoms with van der Waals surface area (Å²) >= 11 is 1.24. The SMILES string of the molecule is CCCn1c(=NC(=O)c2ccc(S(=O)(=O)N(C)Cc3ccccc3)cc2)sc2cc(S(C)(=O)=O)ccc21. The van der Waals surface area contributed by atoms with E-state index in [1.54, 1.807) is 18.2 Å². The van der Waals surface area contributed by atoms with Gasteiger partial charge in [-0.1, -0.05) is 48.6 Å². The first kappa shape index (κ1) is 26.9. The summed E-state index contributed by atoms with van der Waals surface area (Å²) in [6.45, 7) is 2.83. The highest BCUT2D eigenvalue weighted by Gasteiger charge is 2.21. The van der Waals surface area contributed by atoms with Crippen molar-refractivity contribution >= 4 is 47.3 Å². The molecular weight excluding hydrogens is 531 g/mol. The Balaban J connectivity index is 1.63. The topological polar surface area (TPSA) is 106 Å². The Morgan fingerprint density at radius 2 is 1.59 bits per heavy atom. The van der Waals surface area contributed by atoms with Crippen LogP contribution in [-0.2, 0) is 33.0 Å². The number of carbonyl (C=O) groups excluding carboxylic acids is 1. The average molecular weight is 558 g/mol. The smallest absolute Gasteiger partial charge is 0.279 e. The summed E-state index contributed by atoms with van der Waals surface area (Å²) < 4.78 is 53.8. The van der Waals surface area contributed by atoms with Crippen molar-refractivity contribution in [2.24, 2.45) is 4.99 Å². The number of sulfone groups is 1. The third kappa shape index (κ3) is 5.90. The first-order chi connectivity index (χ1) is 17.5. The number of nitrogens with zero attached hydrogens (tertiary/aromatic N) is 3. The number of rotatable bonds is 8. The van der Waals surface area contributed by atoms with E-state index in [0.29, 0.717) is 16.0 Å². The lowest BCUT2D eigenvalue weighted by atomic mass is 10.2. The number of carbonyl (C=O) groups is 1. The van der Waals surface area contributed by atoms with Gasteiger partial charge in [-0.2, -0.15) is 9.30 Å². The van der Waals surface area contributed by atoms with E-state index >= 15 is 0 Å². The second-order valence-electron chi connectivity index (χ2n) is 8.63. The Morgan fingerprint density at radius 1 is 0.946 bits per heavy atom. The Kier molecular flexibility index (Phi) is 7.79. The molecule has 0 radical (unpaired) electrons.